The van der Waals surface area contributed by atoms with Crippen LogP contribution in [0.1, 0.15) is 61.5 Å². The zero-order chi connectivity index (χ0) is 21.5. The molecule has 2 aromatic heterocycles. The van der Waals surface area contributed by atoms with E-state index < -0.39 is 0 Å². The minimum atomic E-state index is -0.104. The monoisotopic (exact) mass is 419 g/mol. The Hall–Kier alpha value is -2.96. The number of amides is 1. The molecule has 31 heavy (non-hydrogen) atoms. The molecule has 0 radical (unpaired) electrons. The van der Waals surface area contributed by atoms with Gasteiger partial charge in [0.2, 0.25) is 17.6 Å². The first-order chi connectivity index (χ1) is 15.0. The van der Waals surface area contributed by atoms with E-state index in [1.165, 1.54) is 0 Å². The standard InChI is InChI=1S/C24H29N5O2/c1-15-11-20(15)24(30)28-10-5-4-9-21(28)23-25-22(27-31-23)19-8-6-7-18(13-19)14-29-17(3)12-16(2)26-29/h6-8,12-13,15,20-21H,4-5,9-11,14H2,1-3H3/t15-,20+,21-/m0/s1. The first-order valence-corrected chi connectivity index (χ1v) is 11.2. The first kappa shape index (κ1) is 20.0. The van der Waals surface area contributed by atoms with Crippen LogP contribution in [-0.2, 0) is 11.3 Å². The third-order valence-electron chi connectivity index (χ3n) is 6.56. The van der Waals surface area contributed by atoms with Gasteiger partial charge in [0, 0.05) is 23.7 Å². The Morgan fingerprint density at radius 3 is 2.81 bits per heavy atom. The van der Waals surface area contributed by atoms with Crippen LogP contribution in [0, 0.1) is 25.7 Å². The predicted octanol–water partition coefficient (Wildman–Crippen LogP) is 4.31. The lowest BCUT2D eigenvalue weighted by atomic mass is 10.0. The van der Waals surface area contributed by atoms with Crippen molar-refractivity contribution >= 4 is 5.91 Å². The highest BCUT2D eigenvalue weighted by Crippen LogP contribution is 2.42. The number of aryl methyl sites for hydroxylation is 2. The summed E-state index contributed by atoms with van der Waals surface area (Å²) >= 11 is 0. The summed E-state index contributed by atoms with van der Waals surface area (Å²) in [5, 5.41) is 8.81. The summed E-state index contributed by atoms with van der Waals surface area (Å²) in [4.78, 5) is 19.6. The molecule has 0 spiro atoms. The molecule has 2 fully saturated rings. The maximum absolute atomic E-state index is 12.9. The van der Waals surface area contributed by atoms with Gasteiger partial charge in [-0.2, -0.15) is 10.1 Å². The molecule has 1 saturated carbocycles. The van der Waals surface area contributed by atoms with Crippen molar-refractivity contribution in [3.8, 4) is 11.4 Å². The molecular weight excluding hydrogens is 390 g/mol. The average Bonchev–Trinajstić information content (AvgIpc) is 3.16. The minimum Gasteiger partial charge on any atom is -0.337 e. The van der Waals surface area contributed by atoms with E-state index in [0.717, 1.165) is 54.7 Å². The van der Waals surface area contributed by atoms with Crippen molar-refractivity contribution in [3.63, 3.8) is 0 Å². The van der Waals surface area contributed by atoms with Crippen LogP contribution in [0.4, 0.5) is 0 Å². The molecule has 1 saturated heterocycles. The van der Waals surface area contributed by atoms with Gasteiger partial charge in [-0.1, -0.05) is 30.3 Å². The van der Waals surface area contributed by atoms with Crippen molar-refractivity contribution in [2.24, 2.45) is 11.8 Å². The molecule has 3 aromatic rings. The highest BCUT2D eigenvalue weighted by atomic mass is 16.5. The fourth-order valence-electron chi connectivity index (χ4n) is 4.64. The molecule has 1 amide bonds. The van der Waals surface area contributed by atoms with Gasteiger partial charge in [-0.25, -0.2) is 0 Å². The van der Waals surface area contributed by atoms with Crippen molar-refractivity contribution in [2.75, 3.05) is 6.54 Å². The lowest BCUT2D eigenvalue weighted by Crippen LogP contribution is -2.39. The Morgan fingerprint density at radius 2 is 2.06 bits per heavy atom. The quantitative estimate of drug-likeness (QED) is 0.616. The maximum atomic E-state index is 12.9. The zero-order valence-electron chi connectivity index (χ0n) is 18.4. The Morgan fingerprint density at radius 1 is 1.23 bits per heavy atom. The highest BCUT2D eigenvalue weighted by Gasteiger charge is 2.44. The van der Waals surface area contributed by atoms with Gasteiger partial charge in [0.1, 0.15) is 6.04 Å². The molecule has 0 N–H and O–H groups in total. The van der Waals surface area contributed by atoms with Crippen LogP contribution in [0.15, 0.2) is 34.9 Å². The van der Waals surface area contributed by atoms with E-state index in [4.69, 9.17) is 9.51 Å². The number of aromatic nitrogens is 4. The average molecular weight is 420 g/mol. The van der Waals surface area contributed by atoms with Crippen molar-refractivity contribution < 1.29 is 9.32 Å². The lowest BCUT2D eigenvalue weighted by Gasteiger charge is -2.33. The molecule has 1 aliphatic carbocycles. The van der Waals surface area contributed by atoms with Gasteiger partial charge in [0.05, 0.1) is 12.2 Å². The van der Waals surface area contributed by atoms with Gasteiger partial charge in [-0.05, 0) is 63.1 Å². The Bertz CT molecular complexity index is 1100. The summed E-state index contributed by atoms with van der Waals surface area (Å²) in [5.41, 5.74) is 4.20. The molecule has 1 aliphatic heterocycles. The van der Waals surface area contributed by atoms with Gasteiger partial charge in [0.15, 0.2) is 0 Å². The summed E-state index contributed by atoms with van der Waals surface area (Å²) in [6, 6.07) is 10.1. The second-order valence-electron chi connectivity index (χ2n) is 9.10. The molecule has 7 nitrogen and oxygen atoms in total. The SMILES string of the molecule is Cc1cc(C)n(Cc2cccc(-c3noc([C@@H]4CCCCN4C(=O)[C@@H]4C[C@@H]4C)n3)c2)n1. The molecule has 5 rings (SSSR count). The van der Waals surface area contributed by atoms with E-state index in [9.17, 15) is 4.79 Å². The Kier molecular flexibility index (Phi) is 5.12. The molecule has 1 aromatic carbocycles. The van der Waals surface area contributed by atoms with Crippen molar-refractivity contribution in [2.45, 2.75) is 59.0 Å². The van der Waals surface area contributed by atoms with Crippen LogP contribution >= 0.6 is 0 Å². The number of piperidine rings is 1. The van der Waals surface area contributed by atoms with Crippen LogP contribution in [-0.4, -0.2) is 37.3 Å². The Labute approximate surface area is 182 Å². The van der Waals surface area contributed by atoms with Crippen molar-refractivity contribution in [1.29, 1.82) is 0 Å². The summed E-state index contributed by atoms with van der Waals surface area (Å²) in [5.74, 6) is 2.06. The van der Waals surface area contributed by atoms with Crippen LogP contribution in [0.2, 0.25) is 0 Å². The van der Waals surface area contributed by atoms with Crippen LogP contribution in [0.5, 0.6) is 0 Å². The van der Waals surface area contributed by atoms with Gasteiger partial charge in [-0.3, -0.25) is 9.48 Å². The molecule has 7 heteroatoms. The molecular formula is C24H29N5O2. The smallest absolute Gasteiger partial charge is 0.249 e. The number of hydrogen-bond acceptors (Lipinski definition) is 5. The van der Waals surface area contributed by atoms with Gasteiger partial charge >= 0.3 is 0 Å². The highest BCUT2D eigenvalue weighted by molar-refractivity contribution is 5.82. The number of nitrogens with zero attached hydrogens (tertiary/aromatic N) is 5. The summed E-state index contributed by atoms with van der Waals surface area (Å²) in [7, 11) is 0. The third kappa shape index (κ3) is 4.01. The summed E-state index contributed by atoms with van der Waals surface area (Å²) in [6.45, 7) is 7.69. The minimum absolute atomic E-state index is 0.104. The number of rotatable bonds is 5. The molecule has 162 valence electrons. The number of benzene rings is 1. The van der Waals surface area contributed by atoms with E-state index in [1.54, 1.807) is 0 Å². The van der Waals surface area contributed by atoms with E-state index in [1.807, 2.05) is 28.6 Å². The number of carbonyl (C=O) groups is 1. The fourth-order valence-corrected chi connectivity index (χ4v) is 4.64. The van der Waals surface area contributed by atoms with Crippen molar-refractivity contribution in [3.05, 3.63) is 53.2 Å². The van der Waals surface area contributed by atoms with Crippen LogP contribution in [0.25, 0.3) is 11.4 Å². The zero-order valence-corrected chi connectivity index (χ0v) is 18.4. The summed E-state index contributed by atoms with van der Waals surface area (Å²) < 4.78 is 7.67. The molecule has 2 aliphatic rings. The fraction of sp³-hybridized carbons (Fsp3) is 0.500. The van der Waals surface area contributed by atoms with Crippen LogP contribution in [0.3, 0.4) is 0 Å². The molecule has 0 unspecified atom stereocenters. The maximum Gasteiger partial charge on any atom is 0.249 e. The van der Waals surface area contributed by atoms with E-state index >= 15 is 0 Å². The predicted molar refractivity (Wildman–Crippen MR) is 116 cm³/mol. The van der Waals surface area contributed by atoms with E-state index in [2.05, 4.69) is 42.3 Å². The molecule has 3 atom stereocenters. The number of likely N-dealkylation sites (tertiary alicyclic amines) is 1. The summed E-state index contributed by atoms with van der Waals surface area (Å²) in [6.07, 6.45) is 3.99. The first-order valence-electron chi connectivity index (χ1n) is 11.2. The van der Waals surface area contributed by atoms with Gasteiger partial charge in [0.25, 0.3) is 0 Å². The number of hydrogen-bond donors (Lipinski definition) is 0. The third-order valence-corrected chi connectivity index (χ3v) is 6.56. The second-order valence-corrected chi connectivity index (χ2v) is 9.10. The topological polar surface area (TPSA) is 77.0 Å². The van der Waals surface area contributed by atoms with Gasteiger partial charge < -0.3 is 9.42 Å². The normalized spacial score (nSPS) is 23.2. The molecule has 0 bridgehead atoms. The van der Waals surface area contributed by atoms with Gasteiger partial charge in [-0.15, -0.1) is 0 Å². The van der Waals surface area contributed by atoms with Crippen molar-refractivity contribution in [1.82, 2.24) is 24.8 Å². The Balaban J connectivity index is 1.36. The number of carbonyl (C=O) groups excluding carboxylic acids is 1. The molecule has 3 heterocycles. The van der Waals surface area contributed by atoms with E-state index in [0.29, 0.717) is 24.2 Å². The van der Waals surface area contributed by atoms with E-state index in [-0.39, 0.29) is 17.9 Å². The lowest BCUT2D eigenvalue weighted by molar-refractivity contribution is -0.137. The second kappa shape index (κ2) is 7.94. The van der Waals surface area contributed by atoms with Crippen LogP contribution < -0.4 is 0 Å². The largest absolute Gasteiger partial charge is 0.337 e.